The summed E-state index contributed by atoms with van der Waals surface area (Å²) < 4.78 is 2.95. The zero-order chi connectivity index (χ0) is 14.7. The summed E-state index contributed by atoms with van der Waals surface area (Å²) in [6.45, 7) is 9.37. The second-order valence-electron chi connectivity index (χ2n) is 5.85. The zero-order valence-electron chi connectivity index (χ0n) is 12.5. The average molecular weight is 342 g/mol. The van der Waals surface area contributed by atoms with Crippen molar-refractivity contribution in [3.63, 3.8) is 0 Å². The molecule has 0 aromatic carbocycles. The minimum absolute atomic E-state index is 0.00967. The quantitative estimate of drug-likeness (QED) is 0.893. The first-order valence-electron chi connectivity index (χ1n) is 7.38. The summed E-state index contributed by atoms with van der Waals surface area (Å²) in [5.74, 6) is 0.00967. The van der Waals surface area contributed by atoms with E-state index in [4.69, 9.17) is 0 Å². The molecule has 2 rings (SSSR count). The van der Waals surface area contributed by atoms with Crippen molar-refractivity contribution in [2.24, 2.45) is 0 Å². The number of hydrogen-bond donors (Lipinski definition) is 1. The molecular weight excluding hydrogens is 318 g/mol. The van der Waals surface area contributed by atoms with E-state index in [1.807, 2.05) is 16.8 Å². The van der Waals surface area contributed by atoms with Crippen LogP contribution in [0.2, 0.25) is 0 Å². The van der Waals surface area contributed by atoms with Crippen molar-refractivity contribution in [1.82, 2.24) is 14.8 Å². The van der Waals surface area contributed by atoms with Crippen LogP contribution >= 0.6 is 15.9 Å². The van der Waals surface area contributed by atoms with Gasteiger partial charge in [-0.25, -0.2) is 0 Å². The van der Waals surface area contributed by atoms with E-state index in [1.165, 1.54) is 12.8 Å². The fourth-order valence-corrected chi connectivity index (χ4v) is 3.13. The van der Waals surface area contributed by atoms with Gasteiger partial charge in [-0.15, -0.1) is 0 Å². The van der Waals surface area contributed by atoms with Crippen LogP contribution in [0.3, 0.4) is 0 Å². The Morgan fingerprint density at radius 2 is 2.00 bits per heavy atom. The van der Waals surface area contributed by atoms with Gasteiger partial charge in [0.1, 0.15) is 5.69 Å². The van der Waals surface area contributed by atoms with Crippen molar-refractivity contribution in [2.45, 2.75) is 45.7 Å². The molecule has 1 aromatic heterocycles. The third-order valence-corrected chi connectivity index (χ3v) is 4.36. The Balaban J connectivity index is 1.94. The smallest absolute Gasteiger partial charge is 0.268 e. The monoisotopic (exact) mass is 341 g/mol. The predicted octanol–water partition coefficient (Wildman–Crippen LogP) is 3.05. The summed E-state index contributed by atoms with van der Waals surface area (Å²) in [7, 11) is 0. The highest BCUT2D eigenvalue weighted by Gasteiger charge is 2.20. The SMILES string of the molecule is CC(CNC(=O)c1cc(Br)cn1C(C)C)N1CCCC1. The molecule has 5 heteroatoms. The number of amides is 1. The molecule has 20 heavy (non-hydrogen) atoms. The van der Waals surface area contributed by atoms with E-state index in [-0.39, 0.29) is 11.9 Å². The van der Waals surface area contributed by atoms with Gasteiger partial charge < -0.3 is 9.88 Å². The van der Waals surface area contributed by atoms with Gasteiger partial charge in [0.05, 0.1) is 0 Å². The number of nitrogens with one attached hydrogen (secondary N) is 1. The summed E-state index contributed by atoms with van der Waals surface area (Å²) >= 11 is 3.44. The van der Waals surface area contributed by atoms with Gasteiger partial charge in [0.2, 0.25) is 0 Å². The fraction of sp³-hybridized carbons (Fsp3) is 0.667. The Morgan fingerprint density at radius 1 is 1.35 bits per heavy atom. The molecule has 0 radical (unpaired) electrons. The van der Waals surface area contributed by atoms with Gasteiger partial charge in [0.15, 0.2) is 0 Å². The first-order chi connectivity index (χ1) is 9.49. The van der Waals surface area contributed by atoms with Gasteiger partial charge in [-0.1, -0.05) is 0 Å². The summed E-state index contributed by atoms with van der Waals surface area (Å²) in [5.41, 5.74) is 0.723. The third-order valence-electron chi connectivity index (χ3n) is 3.93. The molecule has 1 amide bonds. The molecule has 1 aromatic rings. The second-order valence-corrected chi connectivity index (χ2v) is 6.76. The molecule has 1 aliphatic rings. The molecule has 112 valence electrons. The Kier molecular flexibility index (Phi) is 5.27. The number of carbonyl (C=O) groups is 1. The molecule has 1 fully saturated rings. The minimum atomic E-state index is 0.00967. The highest BCUT2D eigenvalue weighted by atomic mass is 79.9. The van der Waals surface area contributed by atoms with Crippen molar-refractivity contribution in [1.29, 1.82) is 0 Å². The number of likely N-dealkylation sites (tertiary alicyclic amines) is 1. The molecule has 1 saturated heterocycles. The van der Waals surface area contributed by atoms with Crippen LogP contribution in [0, 0.1) is 0 Å². The Labute approximate surface area is 129 Å². The van der Waals surface area contributed by atoms with Crippen LogP contribution < -0.4 is 5.32 Å². The fourth-order valence-electron chi connectivity index (χ4n) is 2.70. The van der Waals surface area contributed by atoms with E-state index < -0.39 is 0 Å². The highest BCUT2D eigenvalue weighted by Crippen LogP contribution is 2.19. The molecular formula is C15H24BrN3O. The molecule has 0 bridgehead atoms. The number of rotatable bonds is 5. The van der Waals surface area contributed by atoms with Gasteiger partial charge in [-0.05, 0) is 68.7 Å². The number of halogens is 1. The number of nitrogens with zero attached hydrogens (tertiary/aromatic N) is 2. The third kappa shape index (κ3) is 3.64. The summed E-state index contributed by atoms with van der Waals surface area (Å²) in [5, 5.41) is 3.06. The van der Waals surface area contributed by atoms with Crippen LogP contribution in [-0.2, 0) is 0 Å². The lowest BCUT2D eigenvalue weighted by atomic mass is 10.2. The molecule has 0 saturated carbocycles. The van der Waals surface area contributed by atoms with E-state index in [2.05, 4.69) is 46.9 Å². The topological polar surface area (TPSA) is 37.3 Å². The van der Waals surface area contributed by atoms with E-state index in [1.54, 1.807) is 0 Å². The minimum Gasteiger partial charge on any atom is -0.349 e. The van der Waals surface area contributed by atoms with Crippen molar-refractivity contribution >= 4 is 21.8 Å². The van der Waals surface area contributed by atoms with Crippen LogP contribution in [0.4, 0.5) is 0 Å². The maximum Gasteiger partial charge on any atom is 0.268 e. The largest absolute Gasteiger partial charge is 0.349 e. The van der Waals surface area contributed by atoms with E-state index in [0.717, 1.165) is 23.3 Å². The normalized spacial score (nSPS) is 17.6. The first-order valence-corrected chi connectivity index (χ1v) is 8.18. The van der Waals surface area contributed by atoms with Crippen molar-refractivity contribution in [3.05, 3.63) is 22.4 Å². The number of hydrogen-bond acceptors (Lipinski definition) is 2. The van der Waals surface area contributed by atoms with E-state index in [9.17, 15) is 4.79 Å². The van der Waals surface area contributed by atoms with Crippen molar-refractivity contribution in [3.8, 4) is 0 Å². The lowest BCUT2D eigenvalue weighted by Crippen LogP contribution is -2.41. The standard InChI is InChI=1S/C15H24BrN3O/c1-11(2)19-10-13(16)8-14(19)15(20)17-9-12(3)18-6-4-5-7-18/h8,10-12H,4-7,9H2,1-3H3,(H,17,20). The van der Waals surface area contributed by atoms with E-state index in [0.29, 0.717) is 12.6 Å². The van der Waals surface area contributed by atoms with Gasteiger partial charge in [0.25, 0.3) is 5.91 Å². The lowest BCUT2D eigenvalue weighted by Gasteiger charge is -2.24. The van der Waals surface area contributed by atoms with Crippen LogP contribution in [0.1, 0.15) is 50.1 Å². The molecule has 4 nitrogen and oxygen atoms in total. The van der Waals surface area contributed by atoms with Crippen LogP contribution in [0.15, 0.2) is 16.7 Å². The lowest BCUT2D eigenvalue weighted by molar-refractivity contribution is 0.0929. The second kappa shape index (κ2) is 6.76. The molecule has 0 aliphatic carbocycles. The Morgan fingerprint density at radius 3 is 2.60 bits per heavy atom. The van der Waals surface area contributed by atoms with Crippen LogP contribution in [-0.4, -0.2) is 41.1 Å². The predicted molar refractivity (Wildman–Crippen MR) is 85.1 cm³/mol. The average Bonchev–Trinajstić information content (AvgIpc) is 3.04. The highest BCUT2D eigenvalue weighted by molar-refractivity contribution is 9.10. The molecule has 1 atom stereocenters. The van der Waals surface area contributed by atoms with Crippen LogP contribution in [0.25, 0.3) is 0 Å². The van der Waals surface area contributed by atoms with E-state index >= 15 is 0 Å². The maximum absolute atomic E-state index is 12.3. The summed E-state index contributed by atoms with van der Waals surface area (Å²) in [6.07, 6.45) is 4.52. The molecule has 1 unspecified atom stereocenters. The Bertz CT molecular complexity index is 464. The van der Waals surface area contributed by atoms with Crippen molar-refractivity contribution < 1.29 is 4.79 Å². The number of carbonyl (C=O) groups excluding carboxylic acids is 1. The van der Waals surface area contributed by atoms with Gasteiger partial charge in [-0.3, -0.25) is 9.69 Å². The van der Waals surface area contributed by atoms with Gasteiger partial charge >= 0.3 is 0 Å². The molecule has 1 N–H and O–H groups in total. The Hall–Kier alpha value is -0.810. The summed E-state index contributed by atoms with van der Waals surface area (Å²) in [6, 6.07) is 2.57. The molecule has 0 spiro atoms. The first kappa shape index (κ1) is 15.6. The van der Waals surface area contributed by atoms with Gasteiger partial charge in [0, 0.05) is 29.3 Å². The number of aromatic nitrogens is 1. The molecule has 2 heterocycles. The zero-order valence-corrected chi connectivity index (χ0v) is 14.1. The molecule has 1 aliphatic heterocycles. The van der Waals surface area contributed by atoms with Crippen molar-refractivity contribution in [2.75, 3.05) is 19.6 Å². The maximum atomic E-state index is 12.3. The van der Waals surface area contributed by atoms with Crippen LogP contribution in [0.5, 0.6) is 0 Å². The summed E-state index contributed by atoms with van der Waals surface area (Å²) in [4.78, 5) is 14.8. The van der Waals surface area contributed by atoms with Gasteiger partial charge in [-0.2, -0.15) is 0 Å².